The highest BCUT2D eigenvalue weighted by Crippen LogP contribution is 2.66. The zero-order valence-corrected chi connectivity index (χ0v) is 19.6. The molecule has 31 heavy (non-hydrogen) atoms. The molecule has 1 aliphatic rings. The van der Waals surface area contributed by atoms with Gasteiger partial charge in [-0.1, -0.05) is 0 Å². The minimum atomic E-state index is -5.72. The number of hydrogen-bond acceptors (Lipinski definition) is 11. The summed E-state index contributed by atoms with van der Waals surface area (Å²) in [7, 11) is -16.8. The van der Waals surface area contributed by atoms with Crippen LogP contribution >= 0.6 is 46.1 Å². The Balaban J connectivity index is 1.81. The Morgan fingerprint density at radius 2 is 1.87 bits per heavy atom. The van der Waals surface area contributed by atoms with Crippen LogP contribution < -0.4 is 11.3 Å². The lowest BCUT2D eigenvalue weighted by molar-refractivity contribution is -0.0158. The number of aromatic amines is 1. The van der Waals surface area contributed by atoms with Crippen LogP contribution in [0.4, 0.5) is 5.95 Å². The predicted molar refractivity (Wildman–Crippen MR) is 107 cm³/mol. The maximum absolute atomic E-state index is 12.1. The van der Waals surface area contributed by atoms with E-state index in [4.69, 9.17) is 20.3 Å². The van der Waals surface area contributed by atoms with Gasteiger partial charge in [-0.2, -0.15) is 13.6 Å². The number of hydrogen-bond donors (Lipinski definition) is 7. The number of anilines is 1. The summed E-state index contributed by atoms with van der Waals surface area (Å²) in [6, 6.07) is 0. The highest BCUT2D eigenvalue weighted by Gasteiger charge is 2.46. The highest BCUT2D eigenvalue weighted by molar-refractivity contribution is 14.1. The van der Waals surface area contributed by atoms with Crippen LogP contribution in [0.15, 0.2) is 11.0 Å². The Kier molecular flexibility index (Phi) is 6.89. The molecule has 5 atom stereocenters. The molecule has 0 aliphatic carbocycles. The Morgan fingerprint density at radius 3 is 2.48 bits per heavy atom. The molecule has 1 saturated heterocycles. The second-order valence-electron chi connectivity index (χ2n) is 5.98. The van der Waals surface area contributed by atoms with Gasteiger partial charge in [0.25, 0.3) is 5.56 Å². The summed E-state index contributed by atoms with van der Waals surface area (Å²) < 4.78 is 52.8. The third kappa shape index (κ3) is 5.80. The van der Waals surface area contributed by atoms with Crippen molar-refractivity contribution in [1.82, 2.24) is 14.5 Å². The average molecular weight is 618 g/mol. The minimum absolute atomic E-state index is 0.0358. The van der Waals surface area contributed by atoms with Crippen LogP contribution in [0.2, 0.25) is 0 Å². The van der Waals surface area contributed by atoms with Gasteiger partial charge in [-0.15, -0.1) is 0 Å². The van der Waals surface area contributed by atoms with Gasteiger partial charge in [-0.25, -0.2) is 13.7 Å². The van der Waals surface area contributed by atoms with Crippen LogP contribution in [0.3, 0.4) is 0 Å². The lowest BCUT2D eigenvalue weighted by Crippen LogP contribution is -2.30. The van der Waals surface area contributed by atoms with Gasteiger partial charge in [0, 0.05) is 9.77 Å². The number of halogens is 1. The van der Waals surface area contributed by atoms with E-state index in [0.717, 1.165) is 0 Å². The minimum Gasteiger partial charge on any atom is -0.386 e. The number of nitrogens with one attached hydrogen (secondary N) is 1. The SMILES string of the molecule is Nc1nc2c(c(I)cn2[C@@H]2OC[C@H](OP(=O)(O)OP(=O)(O)OP(=O)(O)O)[C@H]2O)c(=O)[nH]1. The van der Waals surface area contributed by atoms with E-state index in [-0.39, 0.29) is 17.0 Å². The van der Waals surface area contributed by atoms with Gasteiger partial charge >= 0.3 is 23.5 Å². The first-order valence-electron chi connectivity index (χ1n) is 7.76. The Labute approximate surface area is 184 Å². The molecule has 0 bridgehead atoms. The summed E-state index contributed by atoms with van der Waals surface area (Å²) in [5, 5.41) is 10.6. The van der Waals surface area contributed by atoms with Crippen molar-refractivity contribution in [3.05, 3.63) is 20.1 Å². The molecule has 3 heterocycles. The van der Waals surface area contributed by atoms with E-state index in [1.807, 2.05) is 22.6 Å². The molecule has 174 valence electrons. The zero-order chi connectivity index (χ0) is 23.4. The number of nitrogens with two attached hydrogens (primary N) is 1. The molecule has 0 saturated carbocycles. The average Bonchev–Trinajstić information content (AvgIpc) is 3.04. The molecule has 2 aromatic heterocycles. The molecule has 2 unspecified atom stereocenters. The van der Waals surface area contributed by atoms with E-state index in [2.05, 4.69) is 23.1 Å². The topological polar surface area (TPSA) is 266 Å². The number of H-pyrrole nitrogens is 1. The molecule has 2 aromatic rings. The van der Waals surface area contributed by atoms with E-state index in [0.29, 0.717) is 3.57 Å². The molecule has 1 aliphatic heterocycles. The summed E-state index contributed by atoms with van der Waals surface area (Å²) in [6.07, 6.45) is -3.17. The van der Waals surface area contributed by atoms with E-state index >= 15 is 0 Å². The normalized spacial score (nSPS) is 26.1. The van der Waals surface area contributed by atoms with Crippen molar-refractivity contribution in [1.29, 1.82) is 0 Å². The summed E-state index contributed by atoms with van der Waals surface area (Å²) >= 11 is 1.83. The van der Waals surface area contributed by atoms with Crippen LogP contribution in [-0.2, 0) is 31.6 Å². The molecular formula is C10H14IN4O13P3. The Bertz CT molecular complexity index is 1210. The Hall–Kier alpha value is -0.720. The monoisotopic (exact) mass is 618 g/mol. The summed E-state index contributed by atoms with van der Waals surface area (Å²) in [4.78, 5) is 54.2. The standard InChI is InChI=1S/C10H14IN4O13P3/c11-3-1-15(7-5(3)8(17)14-10(12)13-7)9-6(16)4(2-25-9)26-30(21,22)28-31(23,24)27-29(18,19)20/h1,4,6,9,16H,2H2,(H,21,22)(H,23,24)(H2,18,19,20)(H3,12,13,14,17)/t4-,6+,9+/m0/s1. The van der Waals surface area contributed by atoms with Crippen LogP contribution in [0, 0.1) is 3.57 Å². The van der Waals surface area contributed by atoms with Gasteiger partial charge in [-0.05, 0) is 22.6 Å². The third-order valence-electron chi connectivity index (χ3n) is 3.72. The first-order chi connectivity index (χ1) is 14.1. The summed E-state index contributed by atoms with van der Waals surface area (Å²) in [5.41, 5.74) is 5.02. The van der Waals surface area contributed by atoms with Crippen LogP contribution in [0.1, 0.15) is 6.23 Å². The van der Waals surface area contributed by atoms with E-state index in [9.17, 15) is 33.4 Å². The van der Waals surface area contributed by atoms with Gasteiger partial charge in [0.05, 0.1) is 12.0 Å². The molecule has 1 fully saturated rings. The fraction of sp³-hybridized carbons (Fsp3) is 0.400. The number of nitrogens with zero attached hydrogens (tertiary/aromatic N) is 2. The number of aliphatic hydroxyl groups excluding tert-OH is 1. The molecule has 17 nitrogen and oxygen atoms in total. The predicted octanol–water partition coefficient (Wildman–Crippen LogP) is -0.487. The summed E-state index contributed by atoms with van der Waals surface area (Å²) in [6.45, 7) is -0.524. The number of rotatable bonds is 7. The van der Waals surface area contributed by atoms with E-state index in [1.54, 1.807) is 0 Å². The highest BCUT2D eigenvalue weighted by atomic mass is 127. The smallest absolute Gasteiger partial charge is 0.386 e. The molecular weight excluding hydrogens is 604 g/mol. The first kappa shape index (κ1) is 24.9. The second kappa shape index (κ2) is 8.57. The third-order valence-corrected chi connectivity index (χ3v) is 8.40. The fourth-order valence-corrected chi connectivity index (χ4v) is 6.68. The fourth-order valence-electron chi connectivity index (χ4n) is 2.70. The van der Waals surface area contributed by atoms with Gasteiger partial charge in [0.2, 0.25) is 5.95 Å². The van der Waals surface area contributed by atoms with Crippen molar-refractivity contribution >= 4 is 63.0 Å². The van der Waals surface area contributed by atoms with Crippen molar-refractivity contribution in [3.8, 4) is 0 Å². The molecule has 0 aromatic carbocycles. The number of aliphatic hydroxyl groups is 1. The number of fused-ring (bicyclic) bond motifs is 1. The number of nitrogen functional groups attached to an aromatic ring is 1. The van der Waals surface area contributed by atoms with Crippen molar-refractivity contribution in [2.45, 2.75) is 18.4 Å². The first-order valence-corrected chi connectivity index (χ1v) is 13.4. The molecule has 0 amide bonds. The van der Waals surface area contributed by atoms with Crippen molar-refractivity contribution in [2.24, 2.45) is 0 Å². The lowest BCUT2D eigenvalue weighted by atomic mass is 10.2. The largest absolute Gasteiger partial charge is 0.490 e. The number of phosphoric ester groups is 1. The van der Waals surface area contributed by atoms with Crippen molar-refractivity contribution < 1.29 is 56.3 Å². The van der Waals surface area contributed by atoms with Crippen LogP contribution in [0.5, 0.6) is 0 Å². The van der Waals surface area contributed by atoms with Crippen LogP contribution in [-0.4, -0.2) is 58.0 Å². The number of aromatic nitrogens is 3. The van der Waals surface area contributed by atoms with Gasteiger partial charge in [-0.3, -0.25) is 14.3 Å². The maximum atomic E-state index is 12.1. The number of phosphoric acid groups is 3. The Morgan fingerprint density at radius 1 is 1.23 bits per heavy atom. The molecule has 8 N–H and O–H groups in total. The quantitative estimate of drug-likeness (QED) is 0.153. The molecule has 0 spiro atoms. The second-order valence-corrected chi connectivity index (χ2v) is 11.5. The van der Waals surface area contributed by atoms with Crippen molar-refractivity contribution in [2.75, 3.05) is 12.3 Å². The number of ether oxygens (including phenoxy) is 1. The van der Waals surface area contributed by atoms with Crippen molar-refractivity contribution in [3.63, 3.8) is 0 Å². The zero-order valence-electron chi connectivity index (χ0n) is 14.7. The van der Waals surface area contributed by atoms with Gasteiger partial charge < -0.3 is 39.7 Å². The molecule has 21 heteroatoms. The summed E-state index contributed by atoms with van der Waals surface area (Å²) in [5.74, 6) is -0.217. The maximum Gasteiger partial charge on any atom is 0.490 e. The molecule has 0 radical (unpaired) electrons. The van der Waals surface area contributed by atoms with E-state index in [1.165, 1.54) is 10.8 Å². The van der Waals surface area contributed by atoms with E-state index < -0.39 is 54.1 Å². The lowest BCUT2D eigenvalue weighted by Gasteiger charge is -2.22. The van der Waals surface area contributed by atoms with Gasteiger partial charge in [0.1, 0.15) is 12.2 Å². The molecule has 3 rings (SSSR count). The van der Waals surface area contributed by atoms with Gasteiger partial charge in [0.15, 0.2) is 11.9 Å². The van der Waals surface area contributed by atoms with Crippen LogP contribution in [0.25, 0.3) is 11.0 Å².